The summed E-state index contributed by atoms with van der Waals surface area (Å²) in [6.07, 6.45) is 1.60. The average molecular weight is 535 g/mol. The summed E-state index contributed by atoms with van der Waals surface area (Å²) in [5, 5.41) is 12.4. The van der Waals surface area contributed by atoms with Gasteiger partial charge in [0.1, 0.15) is 6.04 Å². The zero-order valence-corrected chi connectivity index (χ0v) is 20.6. The highest BCUT2D eigenvalue weighted by molar-refractivity contribution is 9.10. The molecular formula is C22H19BrN2O5S2. The number of carbonyl (C=O) groups is 1. The summed E-state index contributed by atoms with van der Waals surface area (Å²) in [5.74, 6) is -0.272. The van der Waals surface area contributed by atoms with E-state index in [2.05, 4.69) is 20.9 Å². The summed E-state index contributed by atoms with van der Waals surface area (Å²) in [4.78, 5) is 32.1. The van der Waals surface area contributed by atoms with Crippen LogP contribution in [0.15, 0.2) is 55.2 Å². The molecule has 7 nitrogen and oxygen atoms in total. The Hall–Kier alpha value is -2.69. The fraction of sp³-hybridized carbons (Fsp3) is 0.227. The summed E-state index contributed by atoms with van der Waals surface area (Å²) >= 11 is 6.04. The van der Waals surface area contributed by atoms with Gasteiger partial charge in [-0.05, 0) is 43.5 Å². The molecule has 1 aromatic carbocycles. The van der Waals surface area contributed by atoms with Crippen LogP contribution in [0.3, 0.4) is 0 Å². The third-order valence-electron chi connectivity index (χ3n) is 4.91. The third kappa shape index (κ3) is 3.94. The molecule has 1 atom stereocenters. The number of fused-ring (bicyclic) bond motifs is 1. The van der Waals surface area contributed by atoms with E-state index in [1.165, 1.54) is 34.4 Å². The quantitative estimate of drug-likeness (QED) is 0.507. The Kier molecular flexibility index (Phi) is 6.36. The molecule has 4 rings (SSSR count). The molecule has 0 spiro atoms. The summed E-state index contributed by atoms with van der Waals surface area (Å²) in [7, 11) is 1.46. The second-order valence-corrected chi connectivity index (χ2v) is 9.77. The van der Waals surface area contributed by atoms with E-state index in [0.717, 1.165) is 4.88 Å². The minimum Gasteiger partial charge on any atom is -0.504 e. The number of hydrogen-bond acceptors (Lipinski definition) is 8. The SMILES string of the molecule is CCOC(=O)C1=C(C)N=c2sc(=Cc3cc(Br)cc(OC)c3O)c(=O)n2C1c1cccs1. The van der Waals surface area contributed by atoms with Gasteiger partial charge in [-0.1, -0.05) is 33.3 Å². The fourth-order valence-electron chi connectivity index (χ4n) is 3.51. The lowest BCUT2D eigenvalue weighted by molar-refractivity contribution is -0.139. The van der Waals surface area contributed by atoms with Crippen LogP contribution in [-0.4, -0.2) is 29.4 Å². The number of allylic oxidation sites excluding steroid dienone is 1. The van der Waals surface area contributed by atoms with E-state index in [0.29, 0.717) is 30.6 Å². The first-order chi connectivity index (χ1) is 15.3. The number of hydrogen-bond donors (Lipinski definition) is 1. The number of carbonyl (C=O) groups excluding carboxylic acids is 1. The third-order valence-corrected chi connectivity index (χ3v) is 7.27. The minimum atomic E-state index is -0.627. The number of aromatic hydroxyl groups is 1. The minimum absolute atomic E-state index is 0.0697. The van der Waals surface area contributed by atoms with Crippen molar-refractivity contribution in [3.63, 3.8) is 0 Å². The maximum atomic E-state index is 13.5. The number of esters is 1. The van der Waals surface area contributed by atoms with E-state index in [9.17, 15) is 14.7 Å². The highest BCUT2D eigenvalue weighted by atomic mass is 79.9. The lowest BCUT2D eigenvalue weighted by Crippen LogP contribution is -2.39. The number of thiophene rings is 1. The van der Waals surface area contributed by atoms with Crippen molar-refractivity contribution in [3.05, 3.63) is 75.5 Å². The number of thiazole rings is 1. The Morgan fingerprint density at radius 1 is 1.41 bits per heavy atom. The van der Waals surface area contributed by atoms with Crippen LogP contribution >= 0.6 is 38.6 Å². The molecule has 1 aliphatic rings. The van der Waals surface area contributed by atoms with Gasteiger partial charge in [0.15, 0.2) is 16.3 Å². The Bertz CT molecular complexity index is 1400. The molecule has 3 aromatic rings. The van der Waals surface area contributed by atoms with Crippen molar-refractivity contribution in [3.8, 4) is 11.5 Å². The first kappa shape index (κ1) is 22.5. The number of methoxy groups -OCH3 is 1. The zero-order chi connectivity index (χ0) is 23.0. The molecule has 0 fully saturated rings. The Morgan fingerprint density at radius 3 is 2.84 bits per heavy atom. The normalized spacial score (nSPS) is 16.0. The van der Waals surface area contributed by atoms with Crippen molar-refractivity contribution in [1.82, 2.24) is 4.57 Å². The van der Waals surface area contributed by atoms with E-state index in [4.69, 9.17) is 9.47 Å². The molecule has 0 amide bonds. The zero-order valence-electron chi connectivity index (χ0n) is 17.4. The number of aromatic nitrogens is 1. The Balaban J connectivity index is 1.96. The first-order valence-corrected chi connectivity index (χ1v) is 12.1. The number of halogens is 1. The maximum absolute atomic E-state index is 13.5. The highest BCUT2D eigenvalue weighted by Gasteiger charge is 2.33. The number of phenolic OH excluding ortho intramolecular Hbond substituents is 1. The highest BCUT2D eigenvalue weighted by Crippen LogP contribution is 2.35. The lowest BCUT2D eigenvalue weighted by Gasteiger charge is -2.23. The van der Waals surface area contributed by atoms with Gasteiger partial charge in [0.25, 0.3) is 5.56 Å². The van der Waals surface area contributed by atoms with Crippen LogP contribution in [0.2, 0.25) is 0 Å². The standard InChI is InChI=1S/C22H19BrN2O5S2/c1-4-30-21(28)17-11(2)24-22-25(18(17)15-6-5-7-31-15)20(27)16(32-22)9-12-8-13(23)10-14(29-3)19(12)26/h5-10,18,26H,4H2,1-3H3. The van der Waals surface area contributed by atoms with Crippen molar-refractivity contribution in [2.24, 2.45) is 4.99 Å². The van der Waals surface area contributed by atoms with Gasteiger partial charge in [0.05, 0.1) is 29.5 Å². The van der Waals surface area contributed by atoms with Crippen LogP contribution in [0.4, 0.5) is 0 Å². The molecule has 1 N–H and O–H groups in total. The summed E-state index contributed by atoms with van der Waals surface area (Å²) in [6, 6.07) is 6.47. The second-order valence-electron chi connectivity index (χ2n) is 6.86. The van der Waals surface area contributed by atoms with Crippen molar-refractivity contribution in [2.45, 2.75) is 19.9 Å². The second kappa shape index (κ2) is 9.05. The van der Waals surface area contributed by atoms with E-state index in [1.807, 2.05) is 17.5 Å². The van der Waals surface area contributed by atoms with Gasteiger partial charge in [0, 0.05) is 14.9 Å². The Labute approximate surface area is 199 Å². The molecule has 32 heavy (non-hydrogen) atoms. The van der Waals surface area contributed by atoms with Gasteiger partial charge in [-0.3, -0.25) is 9.36 Å². The van der Waals surface area contributed by atoms with Gasteiger partial charge < -0.3 is 14.6 Å². The fourth-order valence-corrected chi connectivity index (χ4v) is 5.82. The van der Waals surface area contributed by atoms with Crippen molar-refractivity contribution in [2.75, 3.05) is 13.7 Å². The summed E-state index contributed by atoms with van der Waals surface area (Å²) in [5.41, 5.74) is 0.983. The molecule has 2 aromatic heterocycles. The van der Waals surface area contributed by atoms with Crippen molar-refractivity contribution in [1.29, 1.82) is 0 Å². The van der Waals surface area contributed by atoms with Crippen LogP contribution in [0.5, 0.6) is 11.5 Å². The maximum Gasteiger partial charge on any atom is 0.338 e. The van der Waals surface area contributed by atoms with E-state index in [-0.39, 0.29) is 23.7 Å². The van der Waals surface area contributed by atoms with Crippen LogP contribution < -0.4 is 19.6 Å². The van der Waals surface area contributed by atoms with Gasteiger partial charge >= 0.3 is 5.97 Å². The summed E-state index contributed by atoms with van der Waals surface area (Å²) < 4.78 is 13.1. The molecule has 0 bridgehead atoms. The number of nitrogens with zero attached hydrogens (tertiary/aromatic N) is 2. The van der Waals surface area contributed by atoms with Crippen molar-refractivity contribution < 1.29 is 19.4 Å². The molecule has 0 radical (unpaired) electrons. The monoisotopic (exact) mass is 534 g/mol. The van der Waals surface area contributed by atoms with Crippen molar-refractivity contribution >= 4 is 50.6 Å². The van der Waals surface area contributed by atoms with Crippen LogP contribution in [0.1, 0.15) is 30.3 Å². The van der Waals surface area contributed by atoms with Gasteiger partial charge in [-0.2, -0.15) is 0 Å². The molecule has 1 aliphatic heterocycles. The number of phenols is 1. The van der Waals surface area contributed by atoms with Crippen LogP contribution in [0.25, 0.3) is 6.08 Å². The molecular weight excluding hydrogens is 516 g/mol. The molecule has 3 heterocycles. The van der Waals surface area contributed by atoms with Crippen LogP contribution in [0, 0.1) is 0 Å². The molecule has 0 saturated heterocycles. The predicted octanol–water partition coefficient (Wildman–Crippen LogP) is 3.34. The van der Waals surface area contributed by atoms with Crippen LogP contribution in [-0.2, 0) is 9.53 Å². The number of rotatable bonds is 5. The predicted molar refractivity (Wildman–Crippen MR) is 127 cm³/mol. The van der Waals surface area contributed by atoms with Gasteiger partial charge in [0.2, 0.25) is 0 Å². The summed E-state index contributed by atoms with van der Waals surface area (Å²) in [6.45, 7) is 3.71. The first-order valence-electron chi connectivity index (χ1n) is 9.65. The number of benzene rings is 1. The molecule has 1 unspecified atom stereocenters. The van der Waals surface area contributed by atoms with E-state index in [1.54, 1.807) is 32.1 Å². The molecule has 0 aliphatic carbocycles. The Morgan fingerprint density at radius 2 is 2.19 bits per heavy atom. The lowest BCUT2D eigenvalue weighted by atomic mass is 10.0. The van der Waals surface area contributed by atoms with Gasteiger partial charge in [-0.15, -0.1) is 11.3 Å². The number of ether oxygens (including phenoxy) is 2. The molecule has 166 valence electrons. The smallest absolute Gasteiger partial charge is 0.338 e. The average Bonchev–Trinajstić information content (AvgIpc) is 3.38. The van der Waals surface area contributed by atoms with E-state index < -0.39 is 12.0 Å². The largest absolute Gasteiger partial charge is 0.504 e. The molecule has 0 saturated carbocycles. The molecule has 10 heteroatoms. The topological polar surface area (TPSA) is 90.1 Å². The van der Waals surface area contributed by atoms with E-state index >= 15 is 0 Å². The van der Waals surface area contributed by atoms with Gasteiger partial charge in [-0.25, -0.2) is 9.79 Å².